The van der Waals surface area contributed by atoms with Crippen LogP contribution in [-0.2, 0) is 21.4 Å². The van der Waals surface area contributed by atoms with Crippen molar-refractivity contribution >= 4 is 61.1 Å². The van der Waals surface area contributed by atoms with Crippen LogP contribution >= 0.6 is 12.2 Å². The lowest BCUT2D eigenvalue weighted by molar-refractivity contribution is -0.112. The first-order valence-corrected chi connectivity index (χ1v) is 13.3. The fourth-order valence-corrected chi connectivity index (χ4v) is 4.95. The number of sulfonamides is 1. The highest BCUT2D eigenvalue weighted by Crippen LogP contribution is 2.32. The molecule has 5 rings (SSSR count). The Morgan fingerprint density at radius 2 is 1.76 bits per heavy atom. The van der Waals surface area contributed by atoms with Crippen molar-refractivity contribution in [2.45, 2.75) is 18.4 Å². The highest BCUT2D eigenvalue weighted by atomic mass is 32.2. The van der Waals surface area contributed by atoms with Crippen LogP contribution in [-0.4, -0.2) is 25.1 Å². The zero-order chi connectivity index (χ0) is 26.2. The lowest BCUT2D eigenvalue weighted by atomic mass is 10.1. The number of primary sulfonamides is 1. The largest absolute Gasteiger partial charge is 0.331 e. The molecule has 1 aliphatic heterocycles. The number of thiocarbonyl (C=S) groups is 1. The van der Waals surface area contributed by atoms with Gasteiger partial charge in [0.1, 0.15) is 0 Å². The summed E-state index contributed by atoms with van der Waals surface area (Å²) in [5.74, 6) is -0.250. The minimum Gasteiger partial charge on any atom is -0.331 e. The monoisotopic (exact) mass is 529 g/mol. The number of nitrogens with zero attached hydrogens (tertiary/aromatic N) is 2. The minimum atomic E-state index is -3.86. The molecule has 0 spiro atoms. The predicted molar refractivity (Wildman–Crippen MR) is 150 cm³/mol. The van der Waals surface area contributed by atoms with Crippen molar-refractivity contribution in [2.24, 2.45) is 10.2 Å². The van der Waals surface area contributed by atoms with Crippen LogP contribution in [0.1, 0.15) is 16.7 Å². The van der Waals surface area contributed by atoms with E-state index in [1.807, 2.05) is 55.5 Å². The fourth-order valence-electron chi connectivity index (χ4n) is 4.23. The van der Waals surface area contributed by atoms with Crippen LogP contribution in [0, 0.1) is 6.92 Å². The first-order chi connectivity index (χ1) is 17.7. The number of aryl methyl sites for hydroxylation is 1. The second-order valence-electron chi connectivity index (χ2n) is 8.69. The van der Waals surface area contributed by atoms with Crippen molar-refractivity contribution < 1.29 is 13.2 Å². The number of hydrogen-bond donors (Lipinski definition) is 3. The van der Waals surface area contributed by atoms with Crippen molar-refractivity contribution in [3.63, 3.8) is 0 Å². The van der Waals surface area contributed by atoms with Crippen molar-refractivity contribution in [2.75, 3.05) is 10.2 Å². The summed E-state index contributed by atoms with van der Waals surface area (Å²) >= 11 is 5.31. The summed E-state index contributed by atoms with van der Waals surface area (Å²) in [6.45, 7) is 2.34. The highest BCUT2D eigenvalue weighted by Gasteiger charge is 2.34. The number of fused-ring (bicyclic) bond motifs is 2. The summed E-state index contributed by atoms with van der Waals surface area (Å²) in [7, 11) is -3.86. The maximum atomic E-state index is 13.5. The van der Waals surface area contributed by atoms with E-state index >= 15 is 0 Å². The van der Waals surface area contributed by atoms with Gasteiger partial charge in [0.25, 0.3) is 5.91 Å². The summed E-state index contributed by atoms with van der Waals surface area (Å²) in [6.07, 6.45) is 0. The van der Waals surface area contributed by atoms with E-state index in [2.05, 4.69) is 28.0 Å². The van der Waals surface area contributed by atoms with Gasteiger partial charge in [0, 0.05) is 11.3 Å². The van der Waals surface area contributed by atoms with Crippen molar-refractivity contribution in [3.8, 4) is 0 Å². The number of rotatable bonds is 5. The minimum absolute atomic E-state index is 0.0497. The summed E-state index contributed by atoms with van der Waals surface area (Å²) in [6, 6.07) is 26.0. The van der Waals surface area contributed by atoms with Gasteiger partial charge in [0.2, 0.25) is 10.0 Å². The molecule has 10 heteroatoms. The van der Waals surface area contributed by atoms with Crippen LogP contribution in [0.25, 0.3) is 10.8 Å². The van der Waals surface area contributed by atoms with Crippen molar-refractivity contribution in [1.82, 2.24) is 5.43 Å². The number of hydrazone groups is 1. The zero-order valence-corrected chi connectivity index (χ0v) is 21.4. The number of nitrogens with one attached hydrogen (secondary N) is 2. The first kappa shape index (κ1) is 24.6. The molecule has 186 valence electrons. The van der Waals surface area contributed by atoms with Gasteiger partial charge in [-0.3, -0.25) is 10.2 Å². The molecule has 1 aliphatic rings. The van der Waals surface area contributed by atoms with Gasteiger partial charge < -0.3 is 10.2 Å². The first-order valence-electron chi connectivity index (χ1n) is 11.4. The number of benzene rings is 4. The van der Waals surface area contributed by atoms with Gasteiger partial charge in [0.15, 0.2) is 10.8 Å². The van der Waals surface area contributed by atoms with E-state index < -0.39 is 10.0 Å². The number of carbonyl (C=O) groups excluding carboxylic acids is 1. The van der Waals surface area contributed by atoms with Crippen LogP contribution in [0.2, 0.25) is 0 Å². The third-order valence-corrected chi connectivity index (χ3v) is 7.09. The van der Waals surface area contributed by atoms with Crippen LogP contribution in [0.3, 0.4) is 0 Å². The SMILES string of the molecule is Cc1ccc2c(c1)C(=NNC(=S)Nc1cccc(S(N)(=O)=O)c1)C(=O)N2Cc1ccc2ccccc2c1. The summed E-state index contributed by atoms with van der Waals surface area (Å²) in [5.41, 5.74) is 6.83. The van der Waals surface area contributed by atoms with Crippen LogP contribution in [0.5, 0.6) is 0 Å². The van der Waals surface area contributed by atoms with Crippen molar-refractivity contribution in [3.05, 3.63) is 102 Å². The van der Waals surface area contributed by atoms with Gasteiger partial charge in [-0.15, -0.1) is 0 Å². The third kappa shape index (κ3) is 5.21. The Morgan fingerprint density at radius 1 is 0.973 bits per heavy atom. The predicted octanol–water partition coefficient (Wildman–Crippen LogP) is 4.03. The molecule has 0 saturated carbocycles. The molecular formula is C27H23N5O3S2. The molecule has 0 aliphatic carbocycles. The Kier molecular flexibility index (Phi) is 6.46. The topological polar surface area (TPSA) is 117 Å². The van der Waals surface area contributed by atoms with E-state index in [0.717, 1.165) is 27.6 Å². The molecule has 4 aromatic carbocycles. The smallest absolute Gasteiger partial charge is 0.279 e. The Hall–Kier alpha value is -4.12. The number of anilines is 2. The second kappa shape index (κ2) is 9.74. The van der Waals surface area contributed by atoms with E-state index in [-0.39, 0.29) is 21.6 Å². The molecule has 0 radical (unpaired) electrons. The Balaban J connectivity index is 1.38. The highest BCUT2D eigenvalue weighted by molar-refractivity contribution is 7.89. The number of hydrogen-bond acceptors (Lipinski definition) is 5. The molecule has 0 bridgehead atoms. The fraction of sp³-hybridized carbons (Fsp3) is 0.0741. The summed E-state index contributed by atoms with van der Waals surface area (Å²) < 4.78 is 23.2. The number of nitrogens with two attached hydrogens (primary N) is 1. The molecule has 37 heavy (non-hydrogen) atoms. The average Bonchev–Trinajstić information content (AvgIpc) is 3.12. The van der Waals surface area contributed by atoms with E-state index in [9.17, 15) is 13.2 Å². The van der Waals surface area contributed by atoms with Crippen LogP contribution in [0.15, 0.2) is 94.9 Å². The standard InChI is InChI=1S/C27H23N5O3S2/c1-17-9-12-24-23(13-17)25(30-31-27(36)29-21-7-4-8-22(15-21)37(28,34)35)26(33)32(24)16-18-10-11-19-5-2-3-6-20(19)14-18/h2-15H,16H2,1H3,(H2,28,34,35)(H2,29,31,36). The van der Waals surface area contributed by atoms with Gasteiger partial charge in [-0.05, 0) is 71.9 Å². The number of amides is 1. The molecule has 0 fully saturated rings. The van der Waals surface area contributed by atoms with E-state index in [4.69, 9.17) is 17.4 Å². The normalized spacial score (nSPS) is 14.2. The lowest BCUT2D eigenvalue weighted by Gasteiger charge is -2.17. The van der Waals surface area contributed by atoms with Crippen LogP contribution < -0.4 is 20.8 Å². The van der Waals surface area contributed by atoms with Crippen molar-refractivity contribution in [1.29, 1.82) is 0 Å². The molecule has 0 unspecified atom stereocenters. The quantitative estimate of drug-likeness (QED) is 0.265. The maximum absolute atomic E-state index is 13.5. The molecule has 1 amide bonds. The Bertz CT molecular complexity index is 1700. The molecule has 8 nitrogen and oxygen atoms in total. The van der Waals surface area contributed by atoms with Gasteiger partial charge in [-0.25, -0.2) is 13.6 Å². The molecular weight excluding hydrogens is 506 g/mol. The van der Waals surface area contributed by atoms with Gasteiger partial charge in [-0.1, -0.05) is 54.1 Å². The summed E-state index contributed by atoms with van der Waals surface area (Å²) in [5, 5.41) is 14.7. The number of carbonyl (C=O) groups is 1. The Morgan fingerprint density at radius 3 is 2.54 bits per heavy atom. The van der Waals surface area contributed by atoms with Gasteiger partial charge in [0.05, 0.1) is 17.1 Å². The lowest BCUT2D eigenvalue weighted by Crippen LogP contribution is -2.32. The molecule has 1 heterocycles. The van der Waals surface area contributed by atoms with Crippen LogP contribution in [0.4, 0.5) is 11.4 Å². The summed E-state index contributed by atoms with van der Waals surface area (Å²) in [4.78, 5) is 15.1. The molecule has 4 aromatic rings. The van der Waals surface area contributed by atoms with Gasteiger partial charge >= 0.3 is 0 Å². The maximum Gasteiger partial charge on any atom is 0.279 e. The van der Waals surface area contributed by atoms with E-state index in [1.165, 1.54) is 12.1 Å². The molecule has 0 saturated heterocycles. The Labute approximate surface area is 219 Å². The zero-order valence-electron chi connectivity index (χ0n) is 19.8. The van der Waals surface area contributed by atoms with E-state index in [1.54, 1.807) is 17.0 Å². The third-order valence-electron chi connectivity index (χ3n) is 5.99. The second-order valence-corrected chi connectivity index (χ2v) is 10.7. The molecule has 0 aromatic heterocycles. The van der Waals surface area contributed by atoms with Gasteiger partial charge in [-0.2, -0.15) is 5.10 Å². The van der Waals surface area contributed by atoms with E-state index in [0.29, 0.717) is 17.8 Å². The molecule has 4 N–H and O–H groups in total. The average molecular weight is 530 g/mol. The molecule has 0 atom stereocenters.